The van der Waals surface area contributed by atoms with Crippen LogP contribution in [0.15, 0.2) is 48.5 Å². The van der Waals surface area contributed by atoms with Crippen molar-refractivity contribution < 1.29 is 33.6 Å². The van der Waals surface area contributed by atoms with Gasteiger partial charge in [-0.05, 0) is 62.1 Å². The fourth-order valence-electron chi connectivity index (χ4n) is 3.36. The number of ether oxygens (including phenoxy) is 4. The van der Waals surface area contributed by atoms with Gasteiger partial charge in [-0.3, -0.25) is 0 Å². The molecule has 2 aromatic carbocycles. The van der Waals surface area contributed by atoms with Gasteiger partial charge in [0.1, 0.15) is 0 Å². The molecule has 0 bridgehead atoms. The van der Waals surface area contributed by atoms with Crippen molar-refractivity contribution in [3.8, 4) is 0 Å². The van der Waals surface area contributed by atoms with Crippen molar-refractivity contribution in [1.82, 2.24) is 0 Å². The predicted octanol–water partition coefficient (Wildman–Crippen LogP) is 4.15. The number of carbonyl (C=O) groups excluding carboxylic acids is 2. The second-order valence-electron chi connectivity index (χ2n) is 8.81. The van der Waals surface area contributed by atoms with Crippen molar-refractivity contribution in [2.75, 3.05) is 71.5 Å². The molecule has 0 radical (unpaired) electrons. The summed E-state index contributed by atoms with van der Waals surface area (Å²) in [6.45, 7) is 6.11. The Hall–Kier alpha value is -3.14. The van der Waals surface area contributed by atoms with Gasteiger partial charge in [0.05, 0.1) is 13.2 Å². The standard InChI is InChI=1S/C13H19NO3.C12H17NO3.C4H8O/c1-5-17-13(15)12(16-4)10-6-8-11(9-7-10)14(2)3;1-4-16-12(15)11(14)9-5-7-10(8-6-9)13(2)3;1-2-4-5-3-1/h6-9,12H,5H2,1-4H3;5-8,11,14H,4H2,1-3H3;1-4H2. The topological polar surface area (TPSA) is 97.8 Å². The second-order valence-corrected chi connectivity index (χ2v) is 8.81. The van der Waals surface area contributed by atoms with Crippen LogP contribution in [-0.4, -0.2) is 78.8 Å². The smallest absolute Gasteiger partial charge is 0.339 e. The summed E-state index contributed by atoms with van der Waals surface area (Å²) in [5, 5.41) is 9.66. The van der Waals surface area contributed by atoms with Gasteiger partial charge < -0.3 is 33.9 Å². The molecule has 0 aromatic heterocycles. The SMILES string of the molecule is C1CCOC1.CCOC(=O)C(O)c1ccc(N(C)C)cc1.CCOC(=O)C(OC)c1ccc(N(C)C)cc1. The Labute approximate surface area is 227 Å². The number of carbonyl (C=O) groups is 2. The summed E-state index contributed by atoms with van der Waals surface area (Å²) in [5.74, 6) is -0.965. The highest BCUT2D eigenvalue weighted by Gasteiger charge is 2.21. The number of hydrogen-bond donors (Lipinski definition) is 1. The average Bonchev–Trinajstić information content (AvgIpc) is 3.50. The molecule has 2 atom stereocenters. The fourth-order valence-corrected chi connectivity index (χ4v) is 3.36. The molecule has 0 spiro atoms. The Morgan fingerprint density at radius 1 is 0.789 bits per heavy atom. The van der Waals surface area contributed by atoms with Gasteiger partial charge in [-0.2, -0.15) is 0 Å². The van der Waals surface area contributed by atoms with Gasteiger partial charge in [0.2, 0.25) is 0 Å². The summed E-state index contributed by atoms with van der Waals surface area (Å²) in [4.78, 5) is 26.9. The Morgan fingerprint density at radius 3 is 1.55 bits per heavy atom. The fraction of sp³-hybridized carbons (Fsp3) is 0.517. The zero-order valence-corrected chi connectivity index (χ0v) is 23.8. The van der Waals surface area contributed by atoms with Crippen LogP contribution in [0.4, 0.5) is 11.4 Å². The van der Waals surface area contributed by atoms with Crippen molar-refractivity contribution in [1.29, 1.82) is 0 Å². The lowest BCUT2D eigenvalue weighted by Crippen LogP contribution is -2.18. The maximum absolute atomic E-state index is 11.6. The van der Waals surface area contributed by atoms with Crippen LogP contribution in [0.5, 0.6) is 0 Å². The number of nitrogens with zero attached hydrogens (tertiary/aromatic N) is 2. The highest BCUT2D eigenvalue weighted by atomic mass is 16.6. The van der Waals surface area contributed by atoms with Crippen molar-refractivity contribution in [2.24, 2.45) is 0 Å². The normalized spacial score (nSPS) is 13.6. The number of benzene rings is 2. The number of aliphatic hydroxyl groups excluding tert-OH is 1. The predicted molar refractivity (Wildman–Crippen MR) is 150 cm³/mol. The first-order chi connectivity index (χ1) is 18.2. The van der Waals surface area contributed by atoms with Crippen molar-refractivity contribution in [2.45, 2.75) is 38.9 Å². The number of methoxy groups -OCH3 is 1. The molecule has 2 aromatic rings. The molecule has 9 nitrogen and oxygen atoms in total. The third-order valence-corrected chi connectivity index (χ3v) is 5.51. The first kappa shape index (κ1) is 32.9. The quantitative estimate of drug-likeness (QED) is 0.478. The average molecular weight is 533 g/mol. The lowest BCUT2D eigenvalue weighted by atomic mass is 10.1. The van der Waals surface area contributed by atoms with E-state index in [-0.39, 0.29) is 12.6 Å². The second kappa shape index (κ2) is 18.2. The summed E-state index contributed by atoms with van der Waals surface area (Å²) in [5.41, 5.74) is 3.44. The van der Waals surface area contributed by atoms with Gasteiger partial charge in [-0.1, -0.05) is 24.3 Å². The van der Waals surface area contributed by atoms with E-state index < -0.39 is 18.2 Å². The summed E-state index contributed by atoms with van der Waals surface area (Å²) in [7, 11) is 9.29. The zero-order valence-electron chi connectivity index (χ0n) is 23.8. The summed E-state index contributed by atoms with van der Waals surface area (Å²) in [6.07, 6.45) is 0.710. The molecule has 1 aliphatic rings. The third-order valence-electron chi connectivity index (χ3n) is 5.51. The van der Waals surface area contributed by atoms with Gasteiger partial charge in [-0.15, -0.1) is 0 Å². The van der Waals surface area contributed by atoms with Gasteiger partial charge in [0, 0.05) is 59.9 Å². The van der Waals surface area contributed by atoms with Crippen LogP contribution in [0, 0.1) is 0 Å². The van der Waals surface area contributed by atoms with E-state index in [1.165, 1.54) is 20.0 Å². The monoisotopic (exact) mass is 532 g/mol. The minimum Gasteiger partial charge on any atom is -0.464 e. The molecule has 1 fully saturated rings. The Bertz CT molecular complexity index is 919. The summed E-state index contributed by atoms with van der Waals surface area (Å²) in [6, 6.07) is 14.8. The Balaban J connectivity index is 0.000000321. The van der Waals surface area contributed by atoms with E-state index in [4.69, 9.17) is 18.9 Å². The van der Waals surface area contributed by atoms with E-state index in [9.17, 15) is 14.7 Å². The molecule has 0 amide bonds. The number of esters is 2. The molecule has 212 valence electrons. The van der Waals surface area contributed by atoms with E-state index in [2.05, 4.69) is 0 Å². The molecule has 1 heterocycles. The molecule has 0 aliphatic carbocycles. The van der Waals surface area contributed by atoms with E-state index in [0.717, 1.165) is 30.2 Å². The molecule has 1 saturated heterocycles. The number of aliphatic hydroxyl groups is 1. The maximum atomic E-state index is 11.6. The van der Waals surface area contributed by atoms with Crippen LogP contribution < -0.4 is 9.80 Å². The first-order valence-corrected chi connectivity index (χ1v) is 12.8. The Morgan fingerprint density at radius 2 is 1.21 bits per heavy atom. The van der Waals surface area contributed by atoms with E-state index >= 15 is 0 Å². The molecule has 1 N–H and O–H groups in total. The van der Waals surface area contributed by atoms with E-state index in [0.29, 0.717) is 12.2 Å². The minimum absolute atomic E-state index is 0.270. The van der Waals surface area contributed by atoms with Gasteiger partial charge in [-0.25, -0.2) is 9.59 Å². The number of anilines is 2. The summed E-state index contributed by atoms with van der Waals surface area (Å²) < 4.78 is 19.8. The lowest BCUT2D eigenvalue weighted by molar-refractivity contribution is -0.155. The van der Waals surface area contributed by atoms with Crippen LogP contribution in [0.1, 0.15) is 50.0 Å². The largest absolute Gasteiger partial charge is 0.464 e. The highest BCUT2D eigenvalue weighted by molar-refractivity contribution is 5.77. The molecule has 3 rings (SSSR count). The van der Waals surface area contributed by atoms with Crippen LogP contribution >= 0.6 is 0 Å². The van der Waals surface area contributed by atoms with Crippen molar-refractivity contribution >= 4 is 23.3 Å². The van der Waals surface area contributed by atoms with Crippen LogP contribution in [0.2, 0.25) is 0 Å². The van der Waals surface area contributed by atoms with Crippen LogP contribution in [-0.2, 0) is 28.5 Å². The van der Waals surface area contributed by atoms with Gasteiger partial charge in [0.15, 0.2) is 12.2 Å². The van der Waals surface area contributed by atoms with Crippen LogP contribution in [0.25, 0.3) is 0 Å². The molecule has 9 heteroatoms. The molecular weight excluding hydrogens is 488 g/mol. The van der Waals surface area contributed by atoms with Crippen molar-refractivity contribution in [3.63, 3.8) is 0 Å². The number of rotatable bonds is 9. The minimum atomic E-state index is -1.20. The number of hydrogen-bond acceptors (Lipinski definition) is 9. The lowest BCUT2D eigenvalue weighted by Gasteiger charge is -2.16. The Kier molecular flexibility index (Phi) is 15.7. The van der Waals surface area contributed by atoms with Crippen molar-refractivity contribution in [3.05, 3.63) is 59.7 Å². The third kappa shape index (κ3) is 11.5. The molecular formula is C29H44N2O7. The summed E-state index contributed by atoms with van der Waals surface area (Å²) >= 11 is 0. The van der Waals surface area contributed by atoms with E-state index in [1.807, 2.05) is 74.4 Å². The van der Waals surface area contributed by atoms with Gasteiger partial charge in [0.25, 0.3) is 0 Å². The van der Waals surface area contributed by atoms with Crippen LogP contribution in [0.3, 0.4) is 0 Å². The first-order valence-electron chi connectivity index (χ1n) is 12.8. The van der Waals surface area contributed by atoms with Gasteiger partial charge >= 0.3 is 11.9 Å². The van der Waals surface area contributed by atoms with E-state index in [1.54, 1.807) is 26.0 Å². The molecule has 38 heavy (non-hydrogen) atoms. The molecule has 1 aliphatic heterocycles. The maximum Gasteiger partial charge on any atom is 0.339 e. The molecule has 2 unspecified atom stereocenters. The highest BCUT2D eigenvalue weighted by Crippen LogP contribution is 2.22. The molecule has 0 saturated carbocycles. The zero-order chi connectivity index (χ0) is 28.5.